The molecular formula is C23H31N5O2SSi. The molecule has 0 N–H and O–H groups in total. The number of sulfonamides is 1. The smallest absolute Gasteiger partial charge is 0.236 e. The van der Waals surface area contributed by atoms with Gasteiger partial charge in [-0.05, 0) is 31.0 Å². The molecule has 0 aromatic carbocycles. The molecule has 0 saturated carbocycles. The van der Waals surface area contributed by atoms with Crippen molar-refractivity contribution in [2.24, 2.45) is 0 Å². The van der Waals surface area contributed by atoms with Crippen molar-refractivity contribution < 1.29 is 8.42 Å². The monoisotopic (exact) mass is 469 g/mol. The Hall–Kier alpha value is -2.54. The number of hydrogen-bond acceptors (Lipinski definition) is 6. The van der Waals surface area contributed by atoms with Crippen LogP contribution in [0.5, 0.6) is 0 Å². The number of allylic oxidation sites excluding steroid dienone is 1. The summed E-state index contributed by atoms with van der Waals surface area (Å²) in [6.07, 6.45) is 9.19. The van der Waals surface area contributed by atoms with E-state index >= 15 is 0 Å². The van der Waals surface area contributed by atoms with Gasteiger partial charge in [-0.15, -0.1) is 5.54 Å². The summed E-state index contributed by atoms with van der Waals surface area (Å²) in [4.78, 5) is 15.0. The number of pyridine rings is 1. The zero-order valence-electron chi connectivity index (χ0n) is 19.0. The molecule has 3 rings (SSSR count). The first-order valence-electron chi connectivity index (χ1n) is 10.9. The maximum absolute atomic E-state index is 12.6. The molecular weight excluding hydrogens is 438 g/mol. The maximum Gasteiger partial charge on any atom is 0.236 e. The van der Waals surface area contributed by atoms with Gasteiger partial charge in [-0.2, -0.15) is 4.31 Å². The maximum atomic E-state index is 12.6. The summed E-state index contributed by atoms with van der Waals surface area (Å²) in [7, 11) is -4.82. The van der Waals surface area contributed by atoms with Crippen molar-refractivity contribution in [3.63, 3.8) is 0 Å². The van der Waals surface area contributed by atoms with Crippen LogP contribution >= 0.6 is 0 Å². The molecule has 2 aromatic rings. The zero-order valence-corrected chi connectivity index (χ0v) is 20.8. The largest absolute Gasteiger partial charge is 0.354 e. The Kier molecular flexibility index (Phi) is 8.18. The van der Waals surface area contributed by atoms with E-state index in [1.807, 2.05) is 12.1 Å². The molecule has 1 saturated heterocycles. The summed E-state index contributed by atoms with van der Waals surface area (Å²) in [5.74, 6) is 4.85. The van der Waals surface area contributed by atoms with Crippen LogP contribution in [-0.2, 0) is 16.4 Å². The number of hydrogen-bond donors (Lipinski definition) is 0. The fraction of sp³-hybridized carbons (Fsp3) is 0.435. The second-order valence-corrected chi connectivity index (χ2v) is 15.3. The lowest BCUT2D eigenvalue weighted by atomic mass is 10.2. The van der Waals surface area contributed by atoms with Crippen molar-refractivity contribution in [3.8, 4) is 11.5 Å². The highest BCUT2D eigenvalue weighted by molar-refractivity contribution is 7.92. The number of aryl methyl sites for hydroxylation is 1. The molecule has 0 aliphatic carbocycles. The Bertz CT molecular complexity index is 1060. The second-order valence-electron chi connectivity index (χ2n) is 8.77. The first-order valence-corrected chi connectivity index (χ1v) is 15.9. The summed E-state index contributed by atoms with van der Waals surface area (Å²) in [5, 5.41) is 1.33. The second kappa shape index (κ2) is 10.9. The van der Waals surface area contributed by atoms with Crippen molar-refractivity contribution in [3.05, 3.63) is 59.7 Å². The molecule has 2 aromatic heterocycles. The molecule has 0 amide bonds. The van der Waals surface area contributed by atoms with Gasteiger partial charge in [-0.25, -0.2) is 23.4 Å². The lowest BCUT2D eigenvalue weighted by Gasteiger charge is -2.34. The van der Waals surface area contributed by atoms with E-state index in [1.54, 1.807) is 30.7 Å². The minimum absolute atomic E-state index is 0.448. The van der Waals surface area contributed by atoms with Crippen LogP contribution in [0.1, 0.15) is 24.2 Å². The van der Waals surface area contributed by atoms with Crippen molar-refractivity contribution in [2.45, 2.75) is 38.9 Å². The standard InChI is InChI=1S/C23H31N5O2SSi/c1-32(2,3)19-11-21-9-10-23(26-20-21)27-14-16-28(17-15-27)31(29,30)18-6-4-5-8-22-24-12-7-13-25-22/h6-7,9-10,12-13,18,20H,4-5,8,14-17H2,1-3H3/b18-6-. The SMILES string of the molecule is C[Si](C)(C)C#Cc1ccc(N2CCN(S(=O)(=O)/C=C\CCCc3ncccn3)CC2)nc1. The lowest BCUT2D eigenvalue weighted by molar-refractivity contribution is 0.388. The number of rotatable bonds is 7. The van der Waals surface area contributed by atoms with Gasteiger partial charge < -0.3 is 4.90 Å². The fourth-order valence-electron chi connectivity index (χ4n) is 3.19. The third-order valence-corrected chi connectivity index (χ3v) is 7.41. The average molecular weight is 470 g/mol. The minimum atomic E-state index is -3.40. The van der Waals surface area contributed by atoms with E-state index < -0.39 is 18.1 Å². The minimum Gasteiger partial charge on any atom is -0.354 e. The predicted molar refractivity (Wildman–Crippen MR) is 131 cm³/mol. The topological polar surface area (TPSA) is 79.3 Å². The number of anilines is 1. The summed E-state index contributed by atoms with van der Waals surface area (Å²) < 4.78 is 26.8. The van der Waals surface area contributed by atoms with E-state index in [4.69, 9.17) is 0 Å². The Morgan fingerprint density at radius 1 is 1.06 bits per heavy atom. The van der Waals surface area contributed by atoms with Crippen molar-refractivity contribution >= 4 is 23.9 Å². The third kappa shape index (κ3) is 7.55. The molecule has 0 spiro atoms. The third-order valence-electron chi connectivity index (χ3n) is 4.91. The summed E-state index contributed by atoms with van der Waals surface area (Å²) in [6.45, 7) is 8.77. The molecule has 9 heteroatoms. The van der Waals surface area contributed by atoms with Gasteiger partial charge in [0.25, 0.3) is 0 Å². The molecule has 7 nitrogen and oxygen atoms in total. The van der Waals surface area contributed by atoms with Crippen LogP contribution in [0.25, 0.3) is 0 Å². The molecule has 0 unspecified atom stereocenters. The zero-order chi connectivity index (χ0) is 23.0. The molecule has 170 valence electrons. The summed E-state index contributed by atoms with van der Waals surface area (Å²) in [6, 6.07) is 5.74. The Balaban J connectivity index is 1.47. The van der Waals surface area contributed by atoms with E-state index in [-0.39, 0.29) is 0 Å². The molecule has 32 heavy (non-hydrogen) atoms. The Labute approximate surface area is 192 Å². The molecule has 0 radical (unpaired) electrons. The first-order chi connectivity index (χ1) is 15.2. The predicted octanol–water partition coefficient (Wildman–Crippen LogP) is 3.09. The van der Waals surface area contributed by atoms with Gasteiger partial charge in [0, 0.05) is 62.2 Å². The van der Waals surface area contributed by atoms with Crippen LogP contribution in [0, 0.1) is 11.5 Å². The van der Waals surface area contributed by atoms with Gasteiger partial charge in [0.15, 0.2) is 0 Å². The molecule has 1 fully saturated rings. The number of unbranched alkanes of at least 4 members (excludes halogenated alkanes) is 1. The molecule has 0 atom stereocenters. The van der Waals surface area contributed by atoms with Gasteiger partial charge in [-0.3, -0.25) is 0 Å². The van der Waals surface area contributed by atoms with Gasteiger partial charge in [0.05, 0.1) is 0 Å². The van der Waals surface area contributed by atoms with Gasteiger partial charge in [-0.1, -0.05) is 31.6 Å². The van der Waals surface area contributed by atoms with Crippen LogP contribution in [0.4, 0.5) is 5.82 Å². The van der Waals surface area contributed by atoms with E-state index in [1.165, 1.54) is 9.71 Å². The molecule has 1 aliphatic heterocycles. The van der Waals surface area contributed by atoms with Crippen LogP contribution in [-0.4, -0.2) is 61.9 Å². The highest BCUT2D eigenvalue weighted by atomic mass is 32.2. The van der Waals surface area contributed by atoms with Gasteiger partial charge in [0.1, 0.15) is 19.7 Å². The number of nitrogens with zero attached hydrogens (tertiary/aromatic N) is 5. The average Bonchev–Trinajstić information content (AvgIpc) is 2.78. The summed E-state index contributed by atoms with van der Waals surface area (Å²) in [5.41, 5.74) is 4.26. The molecule has 1 aliphatic rings. The molecule has 0 bridgehead atoms. The van der Waals surface area contributed by atoms with E-state index in [9.17, 15) is 8.42 Å². The van der Waals surface area contributed by atoms with E-state index in [2.05, 4.69) is 51.0 Å². The van der Waals surface area contributed by atoms with E-state index in [0.29, 0.717) is 32.6 Å². The van der Waals surface area contributed by atoms with Crippen molar-refractivity contribution in [1.29, 1.82) is 0 Å². The number of piperazine rings is 1. The van der Waals surface area contributed by atoms with Crippen LogP contribution in [0.15, 0.2) is 48.3 Å². The highest BCUT2D eigenvalue weighted by Gasteiger charge is 2.25. The van der Waals surface area contributed by atoms with Crippen molar-refractivity contribution in [1.82, 2.24) is 19.3 Å². The number of aromatic nitrogens is 3. The fourth-order valence-corrected chi connectivity index (χ4v) is 4.93. The summed E-state index contributed by atoms with van der Waals surface area (Å²) >= 11 is 0. The molecule has 3 heterocycles. The van der Waals surface area contributed by atoms with Crippen LogP contribution < -0.4 is 4.90 Å². The quantitative estimate of drug-likeness (QED) is 0.352. The lowest BCUT2D eigenvalue weighted by Crippen LogP contribution is -2.48. The van der Waals surface area contributed by atoms with E-state index in [0.717, 1.165) is 30.0 Å². The normalized spacial score (nSPS) is 15.5. The Morgan fingerprint density at radius 2 is 1.78 bits per heavy atom. The highest BCUT2D eigenvalue weighted by Crippen LogP contribution is 2.16. The van der Waals surface area contributed by atoms with Gasteiger partial charge in [0.2, 0.25) is 10.0 Å². The van der Waals surface area contributed by atoms with Crippen molar-refractivity contribution in [2.75, 3.05) is 31.1 Å². The van der Waals surface area contributed by atoms with Crippen LogP contribution in [0.2, 0.25) is 19.6 Å². The first kappa shape index (κ1) is 24.1. The Morgan fingerprint density at radius 3 is 2.41 bits per heavy atom. The van der Waals surface area contributed by atoms with Gasteiger partial charge >= 0.3 is 0 Å². The van der Waals surface area contributed by atoms with Crippen LogP contribution in [0.3, 0.4) is 0 Å².